The quantitative estimate of drug-likeness (QED) is 0.687. The van der Waals surface area contributed by atoms with E-state index in [9.17, 15) is 4.79 Å². The molecule has 5 rings (SSSR count). The van der Waals surface area contributed by atoms with Crippen molar-refractivity contribution in [2.24, 2.45) is 7.05 Å². The molecule has 1 N–H and O–H groups in total. The van der Waals surface area contributed by atoms with Crippen molar-refractivity contribution in [3.8, 4) is 11.4 Å². The standard InChI is InChI=1S/C18H20N8O/c1-24-16-13(10-21-24)17(23-15(22-16)12-2-4-19-5-3-12)26-9-8-25-7-6-20-18(27)14(25)11-26/h2-5,10,14H,6-9,11H2,1H3,(H,20,27). The molecule has 2 aliphatic heterocycles. The summed E-state index contributed by atoms with van der Waals surface area (Å²) in [6.07, 6.45) is 5.27. The molecule has 138 valence electrons. The zero-order valence-corrected chi connectivity index (χ0v) is 15.0. The van der Waals surface area contributed by atoms with E-state index >= 15 is 0 Å². The first-order chi connectivity index (χ1) is 13.2. The summed E-state index contributed by atoms with van der Waals surface area (Å²) in [7, 11) is 1.88. The Morgan fingerprint density at radius 3 is 2.85 bits per heavy atom. The van der Waals surface area contributed by atoms with Gasteiger partial charge in [0.25, 0.3) is 0 Å². The summed E-state index contributed by atoms with van der Waals surface area (Å²) in [4.78, 5) is 30.4. The van der Waals surface area contributed by atoms with Crippen LogP contribution in [0.5, 0.6) is 0 Å². The van der Waals surface area contributed by atoms with Gasteiger partial charge < -0.3 is 10.2 Å². The molecule has 2 fully saturated rings. The van der Waals surface area contributed by atoms with Crippen LogP contribution in [0.2, 0.25) is 0 Å². The maximum atomic E-state index is 12.3. The zero-order chi connectivity index (χ0) is 18.4. The smallest absolute Gasteiger partial charge is 0.239 e. The predicted octanol–water partition coefficient (Wildman–Crippen LogP) is 0.0457. The minimum atomic E-state index is -0.140. The lowest BCUT2D eigenvalue weighted by Crippen LogP contribution is -2.64. The summed E-state index contributed by atoms with van der Waals surface area (Å²) in [6.45, 7) is 3.90. The molecule has 3 aromatic heterocycles. The lowest BCUT2D eigenvalue weighted by atomic mass is 10.1. The van der Waals surface area contributed by atoms with Gasteiger partial charge in [0.2, 0.25) is 5.91 Å². The number of aryl methyl sites for hydroxylation is 1. The lowest BCUT2D eigenvalue weighted by Gasteiger charge is -2.43. The average Bonchev–Trinajstić information content (AvgIpc) is 3.09. The highest BCUT2D eigenvalue weighted by Crippen LogP contribution is 2.29. The fourth-order valence-corrected chi connectivity index (χ4v) is 3.85. The van der Waals surface area contributed by atoms with E-state index in [0.29, 0.717) is 12.4 Å². The molecule has 0 aromatic carbocycles. The largest absolute Gasteiger partial charge is 0.353 e. The Hall–Kier alpha value is -3.07. The molecular formula is C18H20N8O. The van der Waals surface area contributed by atoms with Crippen molar-refractivity contribution in [2.75, 3.05) is 37.6 Å². The van der Waals surface area contributed by atoms with Gasteiger partial charge in [-0.3, -0.25) is 19.4 Å². The lowest BCUT2D eigenvalue weighted by molar-refractivity contribution is -0.129. The highest BCUT2D eigenvalue weighted by molar-refractivity contribution is 5.90. The Labute approximate surface area is 156 Å². The normalized spacial score (nSPS) is 20.6. The average molecular weight is 364 g/mol. The second kappa shape index (κ2) is 6.27. The number of nitrogens with zero attached hydrogens (tertiary/aromatic N) is 7. The van der Waals surface area contributed by atoms with Crippen LogP contribution >= 0.6 is 0 Å². The number of carbonyl (C=O) groups is 1. The van der Waals surface area contributed by atoms with Gasteiger partial charge in [0.05, 0.1) is 11.6 Å². The van der Waals surface area contributed by atoms with E-state index in [4.69, 9.17) is 9.97 Å². The molecule has 9 nitrogen and oxygen atoms in total. The Kier molecular flexibility index (Phi) is 3.75. The van der Waals surface area contributed by atoms with E-state index in [1.165, 1.54) is 0 Å². The summed E-state index contributed by atoms with van der Waals surface area (Å²) in [5.74, 6) is 1.56. The van der Waals surface area contributed by atoms with Crippen LogP contribution in [-0.2, 0) is 11.8 Å². The molecule has 0 aliphatic carbocycles. The van der Waals surface area contributed by atoms with Crippen LogP contribution in [0, 0.1) is 0 Å². The second-order valence-electron chi connectivity index (χ2n) is 6.90. The first-order valence-electron chi connectivity index (χ1n) is 9.07. The molecule has 27 heavy (non-hydrogen) atoms. The highest BCUT2D eigenvalue weighted by Gasteiger charge is 2.36. The number of pyridine rings is 1. The van der Waals surface area contributed by atoms with E-state index in [2.05, 4.69) is 25.2 Å². The van der Waals surface area contributed by atoms with Crippen LogP contribution in [0.4, 0.5) is 5.82 Å². The molecule has 5 heterocycles. The summed E-state index contributed by atoms with van der Waals surface area (Å²) >= 11 is 0. The van der Waals surface area contributed by atoms with Crippen LogP contribution in [0.3, 0.4) is 0 Å². The van der Waals surface area contributed by atoms with Gasteiger partial charge in [-0.05, 0) is 12.1 Å². The number of aromatic nitrogens is 5. The van der Waals surface area contributed by atoms with Gasteiger partial charge in [-0.1, -0.05) is 0 Å². The van der Waals surface area contributed by atoms with Crippen molar-refractivity contribution in [1.82, 2.24) is 34.9 Å². The maximum Gasteiger partial charge on any atom is 0.239 e. The van der Waals surface area contributed by atoms with E-state index in [0.717, 1.165) is 48.6 Å². The predicted molar refractivity (Wildman–Crippen MR) is 100 cm³/mol. The number of carbonyl (C=O) groups excluding carboxylic acids is 1. The molecule has 0 bridgehead atoms. The minimum absolute atomic E-state index is 0.0943. The van der Waals surface area contributed by atoms with Crippen LogP contribution in [0.25, 0.3) is 22.4 Å². The van der Waals surface area contributed by atoms with Crippen molar-refractivity contribution in [3.63, 3.8) is 0 Å². The Morgan fingerprint density at radius 1 is 1.15 bits per heavy atom. The first-order valence-corrected chi connectivity index (χ1v) is 9.07. The Balaban J connectivity index is 1.59. The number of piperazine rings is 2. The monoisotopic (exact) mass is 364 g/mol. The van der Waals surface area contributed by atoms with Crippen LogP contribution < -0.4 is 10.2 Å². The minimum Gasteiger partial charge on any atom is -0.353 e. The fraction of sp³-hybridized carbons (Fsp3) is 0.389. The third-order valence-corrected chi connectivity index (χ3v) is 5.30. The van der Waals surface area contributed by atoms with Crippen molar-refractivity contribution in [1.29, 1.82) is 0 Å². The van der Waals surface area contributed by atoms with E-state index in [1.807, 2.05) is 19.2 Å². The summed E-state index contributed by atoms with van der Waals surface area (Å²) < 4.78 is 1.76. The molecule has 2 saturated heterocycles. The van der Waals surface area contributed by atoms with Crippen LogP contribution in [0.15, 0.2) is 30.7 Å². The number of anilines is 1. The van der Waals surface area contributed by atoms with E-state index in [-0.39, 0.29) is 11.9 Å². The van der Waals surface area contributed by atoms with Crippen LogP contribution in [-0.4, -0.2) is 74.3 Å². The molecule has 0 saturated carbocycles. The number of hydrogen-bond acceptors (Lipinski definition) is 7. The molecule has 3 aromatic rings. The van der Waals surface area contributed by atoms with Crippen molar-refractivity contribution in [2.45, 2.75) is 6.04 Å². The Morgan fingerprint density at radius 2 is 2.00 bits per heavy atom. The number of fused-ring (bicyclic) bond motifs is 2. The van der Waals surface area contributed by atoms with Gasteiger partial charge in [0, 0.05) is 57.7 Å². The molecule has 9 heteroatoms. The summed E-state index contributed by atoms with van der Waals surface area (Å²) in [5, 5.41) is 8.24. The molecule has 1 amide bonds. The van der Waals surface area contributed by atoms with E-state index < -0.39 is 0 Å². The third-order valence-electron chi connectivity index (χ3n) is 5.30. The van der Waals surface area contributed by atoms with Gasteiger partial charge in [-0.15, -0.1) is 0 Å². The van der Waals surface area contributed by atoms with Crippen molar-refractivity contribution in [3.05, 3.63) is 30.7 Å². The van der Waals surface area contributed by atoms with Crippen LogP contribution in [0.1, 0.15) is 0 Å². The maximum absolute atomic E-state index is 12.3. The number of rotatable bonds is 2. The second-order valence-corrected chi connectivity index (χ2v) is 6.90. The molecule has 1 unspecified atom stereocenters. The zero-order valence-electron chi connectivity index (χ0n) is 15.0. The van der Waals surface area contributed by atoms with Crippen molar-refractivity contribution >= 4 is 22.8 Å². The van der Waals surface area contributed by atoms with Gasteiger partial charge in [0.15, 0.2) is 11.5 Å². The Bertz CT molecular complexity index is 1000. The number of hydrogen-bond donors (Lipinski definition) is 1. The topological polar surface area (TPSA) is 92.1 Å². The van der Waals surface area contributed by atoms with E-state index in [1.54, 1.807) is 23.3 Å². The molecular weight excluding hydrogens is 344 g/mol. The number of amides is 1. The summed E-state index contributed by atoms with van der Waals surface area (Å²) in [6, 6.07) is 3.65. The number of nitrogens with one attached hydrogen (secondary N) is 1. The van der Waals surface area contributed by atoms with Gasteiger partial charge in [-0.25, -0.2) is 9.97 Å². The van der Waals surface area contributed by atoms with Gasteiger partial charge in [0.1, 0.15) is 11.9 Å². The molecule has 2 aliphatic rings. The highest BCUT2D eigenvalue weighted by atomic mass is 16.2. The van der Waals surface area contributed by atoms with Gasteiger partial charge in [-0.2, -0.15) is 5.10 Å². The molecule has 0 spiro atoms. The first kappa shape index (κ1) is 16.1. The molecule has 0 radical (unpaired) electrons. The molecule has 1 atom stereocenters. The van der Waals surface area contributed by atoms with Crippen molar-refractivity contribution < 1.29 is 4.79 Å². The SMILES string of the molecule is Cn1ncc2c(N3CCN4CCNC(=O)C4C3)nc(-c3ccncc3)nc21. The van der Waals surface area contributed by atoms with Gasteiger partial charge >= 0.3 is 0 Å². The summed E-state index contributed by atoms with van der Waals surface area (Å²) in [5.41, 5.74) is 1.69. The third kappa shape index (κ3) is 2.71. The fourth-order valence-electron chi connectivity index (χ4n) is 3.85.